The fraction of sp³-hybridized carbons (Fsp3) is 0.588. The number of carbonyl (C=O) groups excluding carboxylic acids is 1. The molecule has 1 aliphatic heterocycles. The number of amides is 2. The van der Waals surface area contributed by atoms with Crippen molar-refractivity contribution < 1.29 is 4.79 Å². The van der Waals surface area contributed by atoms with Crippen LogP contribution in [0.3, 0.4) is 0 Å². The van der Waals surface area contributed by atoms with Gasteiger partial charge in [-0.1, -0.05) is 44.2 Å². The third-order valence-corrected chi connectivity index (χ3v) is 4.16. The lowest BCUT2D eigenvalue weighted by Gasteiger charge is -2.43. The Labute approximate surface area is 128 Å². The van der Waals surface area contributed by atoms with Gasteiger partial charge in [-0.25, -0.2) is 4.79 Å². The standard InChI is InChI=1S/C17H27N3O/c1-13(2)16-11-18-15(10-14-8-6-5-7-9-14)12-20(16)17(21)19(3)4/h5-9,13,15-16,18H,10-12H2,1-4H3. The Balaban J connectivity index is 2.06. The van der Waals surface area contributed by atoms with Crippen LogP contribution in [-0.4, -0.2) is 55.1 Å². The zero-order valence-electron chi connectivity index (χ0n) is 13.5. The van der Waals surface area contributed by atoms with Crippen molar-refractivity contribution in [2.75, 3.05) is 27.2 Å². The summed E-state index contributed by atoms with van der Waals surface area (Å²) in [6, 6.07) is 11.2. The first-order chi connectivity index (χ1) is 9.99. The molecule has 0 bridgehead atoms. The number of nitrogens with one attached hydrogen (secondary N) is 1. The fourth-order valence-corrected chi connectivity index (χ4v) is 2.94. The number of hydrogen-bond acceptors (Lipinski definition) is 2. The van der Waals surface area contributed by atoms with Crippen LogP contribution in [0.4, 0.5) is 4.79 Å². The second kappa shape index (κ2) is 6.94. The van der Waals surface area contributed by atoms with Crippen molar-refractivity contribution in [2.24, 2.45) is 5.92 Å². The van der Waals surface area contributed by atoms with E-state index in [1.807, 2.05) is 25.1 Å². The lowest BCUT2D eigenvalue weighted by molar-refractivity contribution is 0.0997. The summed E-state index contributed by atoms with van der Waals surface area (Å²) >= 11 is 0. The Morgan fingerprint density at radius 2 is 2.00 bits per heavy atom. The van der Waals surface area contributed by atoms with E-state index in [1.165, 1.54) is 5.56 Å². The van der Waals surface area contributed by atoms with E-state index < -0.39 is 0 Å². The molecule has 2 atom stereocenters. The number of urea groups is 1. The quantitative estimate of drug-likeness (QED) is 0.926. The molecule has 1 fully saturated rings. The van der Waals surface area contributed by atoms with Gasteiger partial charge in [0.25, 0.3) is 0 Å². The van der Waals surface area contributed by atoms with Crippen LogP contribution in [0.25, 0.3) is 0 Å². The Hall–Kier alpha value is -1.55. The molecule has 0 saturated carbocycles. The molecule has 116 valence electrons. The molecule has 0 aliphatic carbocycles. The minimum Gasteiger partial charge on any atom is -0.331 e. The summed E-state index contributed by atoms with van der Waals surface area (Å²) in [4.78, 5) is 16.2. The van der Waals surface area contributed by atoms with E-state index in [1.54, 1.807) is 4.90 Å². The molecule has 1 heterocycles. The van der Waals surface area contributed by atoms with E-state index in [9.17, 15) is 4.79 Å². The molecular weight excluding hydrogens is 262 g/mol. The van der Waals surface area contributed by atoms with Gasteiger partial charge >= 0.3 is 6.03 Å². The van der Waals surface area contributed by atoms with E-state index in [0.717, 1.165) is 19.5 Å². The second-order valence-electron chi connectivity index (χ2n) is 6.44. The number of hydrogen-bond donors (Lipinski definition) is 1. The van der Waals surface area contributed by atoms with E-state index in [4.69, 9.17) is 0 Å². The van der Waals surface area contributed by atoms with E-state index in [2.05, 4.69) is 43.4 Å². The van der Waals surface area contributed by atoms with E-state index in [0.29, 0.717) is 12.0 Å². The number of rotatable bonds is 3. The molecule has 0 spiro atoms. The predicted octanol–water partition coefficient (Wildman–Crippen LogP) is 2.21. The van der Waals surface area contributed by atoms with Crippen LogP contribution >= 0.6 is 0 Å². The molecule has 1 aliphatic rings. The maximum atomic E-state index is 12.4. The van der Waals surface area contributed by atoms with Gasteiger partial charge in [0.15, 0.2) is 0 Å². The minimum absolute atomic E-state index is 0.119. The van der Waals surface area contributed by atoms with Crippen molar-refractivity contribution in [2.45, 2.75) is 32.4 Å². The largest absolute Gasteiger partial charge is 0.331 e. The first kappa shape index (κ1) is 15.8. The average Bonchev–Trinajstić information content (AvgIpc) is 2.47. The highest BCUT2D eigenvalue weighted by Crippen LogP contribution is 2.18. The number of piperazine rings is 1. The summed E-state index contributed by atoms with van der Waals surface area (Å²) in [6.45, 7) is 6.00. The lowest BCUT2D eigenvalue weighted by atomic mass is 9.96. The first-order valence-electron chi connectivity index (χ1n) is 7.74. The van der Waals surface area contributed by atoms with Crippen LogP contribution in [0.15, 0.2) is 30.3 Å². The highest BCUT2D eigenvalue weighted by Gasteiger charge is 2.33. The molecule has 1 N–H and O–H groups in total. The van der Waals surface area contributed by atoms with Gasteiger partial charge in [0.05, 0.1) is 0 Å². The van der Waals surface area contributed by atoms with Crippen molar-refractivity contribution in [3.05, 3.63) is 35.9 Å². The van der Waals surface area contributed by atoms with Gasteiger partial charge in [-0.3, -0.25) is 0 Å². The summed E-state index contributed by atoms with van der Waals surface area (Å²) in [5, 5.41) is 3.61. The molecule has 21 heavy (non-hydrogen) atoms. The van der Waals surface area contributed by atoms with Crippen molar-refractivity contribution in [1.29, 1.82) is 0 Å². The molecule has 2 rings (SSSR count). The van der Waals surface area contributed by atoms with Crippen LogP contribution in [-0.2, 0) is 6.42 Å². The van der Waals surface area contributed by atoms with Crippen LogP contribution in [0.1, 0.15) is 19.4 Å². The van der Waals surface area contributed by atoms with Gasteiger partial charge in [0.2, 0.25) is 0 Å². The topological polar surface area (TPSA) is 35.6 Å². The van der Waals surface area contributed by atoms with Crippen LogP contribution < -0.4 is 5.32 Å². The van der Waals surface area contributed by atoms with Crippen LogP contribution in [0.2, 0.25) is 0 Å². The Bertz CT molecular complexity index is 458. The van der Waals surface area contributed by atoms with Crippen LogP contribution in [0, 0.1) is 5.92 Å². The minimum atomic E-state index is 0.119. The molecule has 4 heteroatoms. The van der Waals surface area contributed by atoms with E-state index in [-0.39, 0.29) is 12.1 Å². The third kappa shape index (κ3) is 3.97. The molecule has 2 unspecified atom stereocenters. The third-order valence-electron chi connectivity index (χ3n) is 4.16. The fourth-order valence-electron chi connectivity index (χ4n) is 2.94. The molecule has 2 amide bonds. The highest BCUT2D eigenvalue weighted by molar-refractivity contribution is 5.74. The molecule has 1 aromatic carbocycles. The smallest absolute Gasteiger partial charge is 0.319 e. The summed E-state index contributed by atoms with van der Waals surface area (Å²) in [5.74, 6) is 0.457. The summed E-state index contributed by atoms with van der Waals surface area (Å²) in [6.07, 6.45) is 0.961. The van der Waals surface area contributed by atoms with Gasteiger partial charge in [-0.2, -0.15) is 0 Å². The van der Waals surface area contributed by atoms with Crippen molar-refractivity contribution in [3.8, 4) is 0 Å². The predicted molar refractivity (Wildman–Crippen MR) is 86.4 cm³/mol. The van der Waals surface area contributed by atoms with Gasteiger partial charge in [-0.15, -0.1) is 0 Å². The number of nitrogens with zero attached hydrogens (tertiary/aromatic N) is 2. The molecular formula is C17H27N3O. The maximum absolute atomic E-state index is 12.4. The SMILES string of the molecule is CC(C)C1CNC(Cc2ccccc2)CN1C(=O)N(C)C. The summed E-state index contributed by atoms with van der Waals surface area (Å²) in [7, 11) is 3.65. The number of benzene rings is 1. The van der Waals surface area contributed by atoms with Crippen LogP contribution in [0.5, 0.6) is 0 Å². The lowest BCUT2D eigenvalue weighted by Crippen LogP contribution is -2.62. The summed E-state index contributed by atoms with van der Waals surface area (Å²) < 4.78 is 0. The monoisotopic (exact) mass is 289 g/mol. The van der Waals surface area contributed by atoms with Crippen molar-refractivity contribution >= 4 is 6.03 Å². The molecule has 4 nitrogen and oxygen atoms in total. The Morgan fingerprint density at radius 1 is 1.33 bits per heavy atom. The zero-order valence-corrected chi connectivity index (χ0v) is 13.5. The normalized spacial score (nSPS) is 22.4. The van der Waals surface area contributed by atoms with Gasteiger partial charge in [-0.05, 0) is 17.9 Å². The van der Waals surface area contributed by atoms with Gasteiger partial charge < -0.3 is 15.1 Å². The van der Waals surface area contributed by atoms with Gasteiger partial charge in [0, 0.05) is 39.3 Å². The second-order valence-corrected chi connectivity index (χ2v) is 6.44. The van der Waals surface area contributed by atoms with Crippen molar-refractivity contribution in [3.63, 3.8) is 0 Å². The van der Waals surface area contributed by atoms with Gasteiger partial charge in [0.1, 0.15) is 0 Å². The molecule has 1 saturated heterocycles. The zero-order chi connectivity index (χ0) is 15.4. The number of carbonyl (C=O) groups is 1. The molecule has 0 radical (unpaired) electrons. The van der Waals surface area contributed by atoms with E-state index >= 15 is 0 Å². The first-order valence-corrected chi connectivity index (χ1v) is 7.74. The molecule has 1 aromatic rings. The Morgan fingerprint density at radius 3 is 2.57 bits per heavy atom. The Kier molecular flexibility index (Phi) is 5.23. The van der Waals surface area contributed by atoms with Crippen molar-refractivity contribution in [1.82, 2.24) is 15.1 Å². The maximum Gasteiger partial charge on any atom is 0.319 e. The molecule has 0 aromatic heterocycles. The highest BCUT2D eigenvalue weighted by atomic mass is 16.2. The summed E-state index contributed by atoms with van der Waals surface area (Å²) in [5.41, 5.74) is 1.32. The average molecular weight is 289 g/mol.